The summed E-state index contributed by atoms with van der Waals surface area (Å²) in [6, 6.07) is 0. The Kier molecular flexibility index (Phi) is 10.8. The van der Waals surface area contributed by atoms with Gasteiger partial charge in [-0.15, -0.1) is 6.58 Å². The zero-order valence-corrected chi connectivity index (χ0v) is 21.2. The van der Waals surface area contributed by atoms with Crippen molar-refractivity contribution in [2.45, 2.75) is 97.7 Å². The molecule has 0 aromatic heterocycles. The van der Waals surface area contributed by atoms with Gasteiger partial charge in [-0.2, -0.15) is 12.6 Å². The minimum atomic E-state index is 0.536. The first kappa shape index (κ1) is 25.3. The molecule has 0 N–H and O–H groups in total. The van der Waals surface area contributed by atoms with Crippen molar-refractivity contribution in [1.29, 1.82) is 0 Å². The van der Waals surface area contributed by atoms with E-state index in [2.05, 4.69) is 71.6 Å². The zero-order valence-electron chi connectivity index (χ0n) is 20.3. The van der Waals surface area contributed by atoms with Gasteiger partial charge in [-0.3, -0.25) is 0 Å². The summed E-state index contributed by atoms with van der Waals surface area (Å²) in [7, 11) is 0. The van der Waals surface area contributed by atoms with Gasteiger partial charge in [0.25, 0.3) is 0 Å². The molecule has 2 rings (SSSR count). The van der Waals surface area contributed by atoms with E-state index in [1.54, 1.807) is 11.1 Å². The van der Waals surface area contributed by atoms with Crippen LogP contribution in [0, 0.1) is 23.7 Å². The average molecular weight is 427 g/mol. The Morgan fingerprint density at radius 3 is 2.70 bits per heavy atom. The molecule has 1 heteroatoms. The van der Waals surface area contributed by atoms with E-state index in [1.807, 2.05) is 0 Å². The highest BCUT2D eigenvalue weighted by Crippen LogP contribution is 2.43. The normalized spacial score (nSPS) is 28.1. The molecule has 30 heavy (non-hydrogen) atoms. The lowest BCUT2D eigenvalue weighted by Crippen LogP contribution is -2.15. The van der Waals surface area contributed by atoms with E-state index in [1.165, 1.54) is 62.5 Å². The molecule has 0 heterocycles. The third-order valence-electron chi connectivity index (χ3n) is 7.24. The lowest BCUT2D eigenvalue weighted by molar-refractivity contribution is 0.402. The van der Waals surface area contributed by atoms with Crippen molar-refractivity contribution < 1.29 is 0 Å². The van der Waals surface area contributed by atoms with Crippen molar-refractivity contribution in [1.82, 2.24) is 0 Å². The van der Waals surface area contributed by atoms with Gasteiger partial charge in [-0.25, -0.2) is 0 Å². The third kappa shape index (κ3) is 7.95. The topological polar surface area (TPSA) is 0 Å². The monoisotopic (exact) mass is 426 g/mol. The van der Waals surface area contributed by atoms with Crippen LogP contribution in [0.3, 0.4) is 0 Å². The van der Waals surface area contributed by atoms with E-state index >= 15 is 0 Å². The van der Waals surface area contributed by atoms with E-state index in [9.17, 15) is 0 Å². The molecule has 0 amide bonds. The van der Waals surface area contributed by atoms with Crippen molar-refractivity contribution in [2.24, 2.45) is 23.7 Å². The number of hydrogen-bond acceptors (Lipinski definition) is 1. The van der Waals surface area contributed by atoms with E-state index in [4.69, 9.17) is 12.6 Å². The van der Waals surface area contributed by atoms with E-state index in [-0.39, 0.29) is 0 Å². The van der Waals surface area contributed by atoms with Gasteiger partial charge in [0.1, 0.15) is 0 Å². The molecule has 5 atom stereocenters. The Morgan fingerprint density at radius 1 is 1.30 bits per heavy atom. The number of unbranched alkanes of at least 4 members (excludes halogenated alkanes) is 1. The summed E-state index contributed by atoms with van der Waals surface area (Å²) in [6.45, 7) is 15.5. The summed E-state index contributed by atoms with van der Waals surface area (Å²) >= 11 is 4.97. The van der Waals surface area contributed by atoms with Gasteiger partial charge >= 0.3 is 0 Å². The largest absolute Gasteiger partial charge is 0.176 e. The van der Waals surface area contributed by atoms with Crippen molar-refractivity contribution in [3.8, 4) is 0 Å². The summed E-state index contributed by atoms with van der Waals surface area (Å²) in [5.74, 6) is 2.80. The van der Waals surface area contributed by atoms with Crippen LogP contribution in [0.4, 0.5) is 0 Å². The first-order valence-corrected chi connectivity index (χ1v) is 12.8. The SMILES string of the molecule is C=C(C)CCC/C=C\CC1C(S)CC(C)C1/C=C/C(CC)CCC1=C(C)CC(C)=C1. The molecular formula is C29H46S. The fraction of sp³-hybridized carbons (Fsp3) is 0.655. The van der Waals surface area contributed by atoms with Gasteiger partial charge < -0.3 is 0 Å². The fourth-order valence-corrected chi connectivity index (χ4v) is 5.94. The van der Waals surface area contributed by atoms with Gasteiger partial charge in [0.15, 0.2) is 0 Å². The Bertz CT molecular complexity index is 674. The fourth-order valence-electron chi connectivity index (χ4n) is 5.28. The summed E-state index contributed by atoms with van der Waals surface area (Å²) in [5.41, 5.74) is 6.01. The van der Waals surface area contributed by atoms with Crippen LogP contribution in [0.5, 0.6) is 0 Å². The minimum Gasteiger partial charge on any atom is -0.176 e. The number of rotatable bonds is 12. The molecule has 1 saturated carbocycles. The van der Waals surface area contributed by atoms with Crippen molar-refractivity contribution in [3.63, 3.8) is 0 Å². The predicted molar refractivity (Wildman–Crippen MR) is 139 cm³/mol. The highest BCUT2D eigenvalue weighted by atomic mass is 32.1. The van der Waals surface area contributed by atoms with Gasteiger partial charge in [-0.05, 0) is 108 Å². The highest BCUT2D eigenvalue weighted by molar-refractivity contribution is 7.81. The lowest BCUT2D eigenvalue weighted by atomic mass is 9.85. The van der Waals surface area contributed by atoms with Gasteiger partial charge in [0.2, 0.25) is 0 Å². The van der Waals surface area contributed by atoms with Crippen LogP contribution in [0.1, 0.15) is 92.4 Å². The maximum atomic E-state index is 4.97. The molecule has 5 unspecified atom stereocenters. The van der Waals surface area contributed by atoms with Crippen LogP contribution >= 0.6 is 12.6 Å². The molecule has 1 fully saturated rings. The summed E-state index contributed by atoms with van der Waals surface area (Å²) in [4.78, 5) is 0. The summed E-state index contributed by atoms with van der Waals surface area (Å²) < 4.78 is 0. The molecule has 0 aliphatic heterocycles. The standard InChI is InChI=1S/C29H46S/c1-7-25(14-16-26-19-22(4)18-23(26)5)15-17-27-24(6)20-29(30)28(27)13-11-9-8-10-12-21(2)3/h9,11,15,17,19,24-25,27-30H,2,7-8,10,12-14,16,18,20H2,1,3-6H3/b11-9-,17-15+. The molecule has 0 radical (unpaired) electrons. The quantitative estimate of drug-likeness (QED) is 0.179. The Labute approximate surface area is 193 Å². The molecule has 0 spiro atoms. The molecule has 2 aliphatic carbocycles. The van der Waals surface area contributed by atoms with Crippen molar-refractivity contribution >= 4 is 12.6 Å². The first-order chi connectivity index (χ1) is 14.3. The molecule has 168 valence electrons. The molecule has 0 aromatic rings. The van der Waals surface area contributed by atoms with Crippen LogP contribution in [-0.4, -0.2) is 5.25 Å². The van der Waals surface area contributed by atoms with E-state index < -0.39 is 0 Å². The van der Waals surface area contributed by atoms with E-state index in [0.29, 0.717) is 23.0 Å². The number of allylic oxidation sites excluding steroid dienone is 9. The minimum absolute atomic E-state index is 0.536. The van der Waals surface area contributed by atoms with Crippen LogP contribution in [0.25, 0.3) is 0 Å². The van der Waals surface area contributed by atoms with Gasteiger partial charge in [-0.1, -0.05) is 60.9 Å². The molecular weight excluding hydrogens is 380 g/mol. The first-order valence-electron chi connectivity index (χ1n) is 12.3. The Balaban J connectivity index is 1.88. The number of hydrogen-bond donors (Lipinski definition) is 1. The second-order valence-corrected chi connectivity index (χ2v) is 10.8. The van der Waals surface area contributed by atoms with Crippen LogP contribution in [0.15, 0.2) is 59.3 Å². The lowest BCUT2D eigenvalue weighted by Gasteiger charge is -2.21. The zero-order chi connectivity index (χ0) is 22.1. The third-order valence-corrected chi connectivity index (χ3v) is 7.83. The average Bonchev–Trinajstić information content (AvgIpc) is 3.15. The second-order valence-electron chi connectivity index (χ2n) is 10.1. The van der Waals surface area contributed by atoms with Crippen molar-refractivity contribution in [2.75, 3.05) is 0 Å². The Morgan fingerprint density at radius 2 is 2.07 bits per heavy atom. The molecule has 0 saturated heterocycles. The number of thiol groups is 1. The molecule has 0 aromatic carbocycles. The maximum absolute atomic E-state index is 4.97. The van der Waals surface area contributed by atoms with Gasteiger partial charge in [0.05, 0.1) is 0 Å². The molecule has 0 nitrogen and oxygen atoms in total. The second kappa shape index (κ2) is 12.8. The summed E-state index contributed by atoms with van der Waals surface area (Å²) in [6.07, 6.45) is 23.3. The highest BCUT2D eigenvalue weighted by Gasteiger charge is 2.36. The Hall–Kier alpha value is -0.950. The maximum Gasteiger partial charge on any atom is 0.00565 e. The van der Waals surface area contributed by atoms with Gasteiger partial charge in [0, 0.05) is 5.25 Å². The predicted octanol–water partition coefficient (Wildman–Crippen LogP) is 9.28. The van der Waals surface area contributed by atoms with Crippen molar-refractivity contribution in [3.05, 3.63) is 59.3 Å². The van der Waals surface area contributed by atoms with Crippen LogP contribution < -0.4 is 0 Å². The van der Waals surface area contributed by atoms with Crippen LogP contribution in [0.2, 0.25) is 0 Å². The smallest absolute Gasteiger partial charge is 0.00565 e. The molecule has 0 bridgehead atoms. The molecule has 2 aliphatic rings. The summed E-state index contributed by atoms with van der Waals surface area (Å²) in [5, 5.41) is 0.536. The van der Waals surface area contributed by atoms with E-state index in [0.717, 1.165) is 12.3 Å². The van der Waals surface area contributed by atoms with Crippen LogP contribution in [-0.2, 0) is 0 Å².